The van der Waals surface area contributed by atoms with Gasteiger partial charge in [-0.05, 0) is 29.9 Å². The lowest BCUT2D eigenvalue weighted by Crippen LogP contribution is -2.38. The molecule has 1 aliphatic carbocycles. The molecule has 0 spiro atoms. The molecule has 0 bridgehead atoms. The number of rotatable bonds is 6. The third kappa shape index (κ3) is 4.80. The van der Waals surface area contributed by atoms with Gasteiger partial charge in [0.2, 0.25) is 0 Å². The van der Waals surface area contributed by atoms with Crippen LogP contribution in [-0.2, 0) is 13.2 Å². The molecule has 0 saturated heterocycles. The van der Waals surface area contributed by atoms with Gasteiger partial charge >= 0.3 is 6.18 Å². The van der Waals surface area contributed by atoms with Crippen molar-refractivity contribution in [3.8, 4) is 0 Å². The summed E-state index contributed by atoms with van der Waals surface area (Å²) in [5.74, 6) is 0.411. The van der Waals surface area contributed by atoms with E-state index in [1.807, 2.05) is 0 Å². The summed E-state index contributed by atoms with van der Waals surface area (Å²) < 4.78 is 37.9. The van der Waals surface area contributed by atoms with Gasteiger partial charge < -0.3 is 5.11 Å². The first-order valence-electron chi connectivity index (χ1n) is 6.94. The zero-order chi connectivity index (χ0) is 14.6. The number of halogens is 3. The maximum absolute atomic E-state index is 12.6. The van der Waals surface area contributed by atoms with Crippen LogP contribution in [0.4, 0.5) is 13.2 Å². The molecule has 1 aromatic carbocycles. The van der Waals surface area contributed by atoms with E-state index < -0.39 is 12.7 Å². The van der Waals surface area contributed by atoms with Crippen molar-refractivity contribution in [3.05, 3.63) is 35.4 Å². The van der Waals surface area contributed by atoms with Crippen molar-refractivity contribution >= 4 is 0 Å². The van der Waals surface area contributed by atoms with E-state index in [2.05, 4.69) is 0 Å². The summed E-state index contributed by atoms with van der Waals surface area (Å²) in [6, 6.07) is 7.08. The fourth-order valence-corrected chi connectivity index (χ4v) is 2.49. The fourth-order valence-electron chi connectivity index (χ4n) is 2.49. The average Bonchev–Trinajstić information content (AvgIpc) is 2.33. The second kappa shape index (κ2) is 6.59. The molecule has 5 heteroatoms. The van der Waals surface area contributed by atoms with Gasteiger partial charge in [-0.2, -0.15) is 13.2 Å². The molecule has 0 aliphatic heterocycles. The molecule has 0 radical (unpaired) electrons. The third-order valence-electron chi connectivity index (χ3n) is 3.76. The quantitative estimate of drug-likeness (QED) is 0.867. The van der Waals surface area contributed by atoms with E-state index in [-0.39, 0.29) is 6.61 Å². The van der Waals surface area contributed by atoms with E-state index in [4.69, 9.17) is 5.11 Å². The van der Waals surface area contributed by atoms with Crippen LogP contribution in [-0.4, -0.2) is 29.3 Å². The average molecular weight is 287 g/mol. The lowest BCUT2D eigenvalue weighted by Gasteiger charge is -2.32. The van der Waals surface area contributed by atoms with Gasteiger partial charge in [-0.1, -0.05) is 30.7 Å². The molecule has 2 rings (SSSR count). The van der Waals surface area contributed by atoms with E-state index in [0.29, 0.717) is 19.0 Å². The molecule has 0 aromatic heterocycles. The molecular formula is C15H20F3NO. The van der Waals surface area contributed by atoms with Gasteiger partial charge in [-0.25, -0.2) is 0 Å². The third-order valence-corrected chi connectivity index (χ3v) is 3.76. The van der Waals surface area contributed by atoms with Crippen molar-refractivity contribution in [2.45, 2.75) is 38.6 Å². The summed E-state index contributed by atoms with van der Waals surface area (Å²) in [5, 5.41) is 8.96. The highest BCUT2D eigenvalue weighted by atomic mass is 19.4. The van der Waals surface area contributed by atoms with Crippen LogP contribution in [0.25, 0.3) is 0 Å². The maximum atomic E-state index is 12.6. The van der Waals surface area contributed by atoms with Crippen LogP contribution in [0, 0.1) is 5.92 Å². The van der Waals surface area contributed by atoms with Crippen molar-refractivity contribution in [2.24, 2.45) is 5.92 Å². The van der Waals surface area contributed by atoms with Crippen LogP contribution in [0.5, 0.6) is 0 Å². The smallest absolute Gasteiger partial charge is 0.392 e. The largest absolute Gasteiger partial charge is 0.401 e. The normalized spacial score (nSPS) is 16.4. The molecule has 0 amide bonds. The summed E-state index contributed by atoms with van der Waals surface area (Å²) in [4.78, 5) is 1.48. The van der Waals surface area contributed by atoms with E-state index in [0.717, 1.165) is 30.4 Å². The van der Waals surface area contributed by atoms with Crippen LogP contribution < -0.4 is 0 Å². The summed E-state index contributed by atoms with van der Waals surface area (Å²) in [7, 11) is 0. The Bertz CT molecular complexity index is 412. The van der Waals surface area contributed by atoms with Gasteiger partial charge in [0.15, 0.2) is 0 Å². The van der Waals surface area contributed by atoms with Gasteiger partial charge in [0, 0.05) is 13.1 Å². The summed E-state index contributed by atoms with van der Waals surface area (Å²) in [6.45, 7) is -0.0805. The number of hydrogen-bond donors (Lipinski definition) is 1. The first-order chi connectivity index (χ1) is 9.46. The first kappa shape index (κ1) is 15.3. The zero-order valence-corrected chi connectivity index (χ0v) is 11.4. The number of nitrogens with zero attached hydrogens (tertiary/aromatic N) is 1. The number of hydrogen-bond acceptors (Lipinski definition) is 2. The molecule has 112 valence electrons. The standard InChI is InChI=1S/C15H20F3NO/c16-15(17,18)11-19(8-12-2-1-3-12)9-13-4-6-14(10-20)7-5-13/h4-7,12,20H,1-3,8-11H2. The minimum absolute atomic E-state index is 0.0470. The Morgan fingerprint density at radius 3 is 2.15 bits per heavy atom. The molecule has 0 unspecified atom stereocenters. The van der Waals surface area contributed by atoms with E-state index >= 15 is 0 Å². The predicted molar refractivity (Wildman–Crippen MR) is 71.0 cm³/mol. The van der Waals surface area contributed by atoms with Crippen molar-refractivity contribution in [3.63, 3.8) is 0 Å². The maximum Gasteiger partial charge on any atom is 0.401 e. The molecule has 1 aromatic rings. The molecule has 1 saturated carbocycles. The van der Waals surface area contributed by atoms with Crippen LogP contribution >= 0.6 is 0 Å². The number of alkyl halides is 3. The van der Waals surface area contributed by atoms with Crippen molar-refractivity contribution in [1.82, 2.24) is 4.90 Å². The molecule has 0 atom stereocenters. The molecule has 0 heterocycles. The van der Waals surface area contributed by atoms with Crippen LogP contribution in [0.15, 0.2) is 24.3 Å². The monoisotopic (exact) mass is 287 g/mol. The Morgan fingerprint density at radius 1 is 1.10 bits per heavy atom. The van der Waals surface area contributed by atoms with Gasteiger partial charge in [-0.15, -0.1) is 0 Å². The Morgan fingerprint density at radius 2 is 1.70 bits per heavy atom. The van der Waals surface area contributed by atoms with E-state index in [1.165, 1.54) is 4.90 Å². The Hall–Kier alpha value is -1.07. The minimum atomic E-state index is -4.16. The van der Waals surface area contributed by atoms with Crippen LogP contribution in [0.3, 0.4) is 0 Å². The van der Waals surface area contributed by atoms with Crippen molar-refractivity contribution in [1.29, 1.82) is 0 Å². The summed E-state index contributed by atoms with van der Waals surface area (Å²) >= 11 is 0. The van der Waals surface area contributed by atoms with Gasteiger partial charge in [0.25, 0.3) is 0 Å². The highest BCUT2D eigenvalue weighted by Gasteiger charge is 2.32. The van der Waals surface area contributed by atoms with Gasteiger partial charge in [0.1, 0.15) is 0 Å². The van der Waals surface area contributed by atoms with Gasteiger partial charge in [-0.3, -0.25) is 4.90 Å². The highest BCUT2D eigenvalue weighted by molar-refractivity contribution is 5.21. The Kier molecular flexibility index (Phi) is 5.05. The summed E-state index contributed by atoms with van der Waals surface area (Å²) in [6.07, 6.45) is -0.944. The fraction of sp³-hybridized carbons (Fsp3) is 0.600. The first-order valence-corrected chi connectivity index (χ1v) is 6.94. The van der Waals surface area contributed by atoms with Crippen LogP contribution in [0.1, 0.15) is 30.4 Å². The number of aliphatic hydroxyl groups excluding tert-OH is 1. The van der Waals surface area contributed by atoms with E-state index in [9.17, 15) is 13.2 Å². The lowest BCUT2D eigenvalue weighted by molar-refractivity contribution is -0.149. The van der Waals surface area contributed by atoms with Crippen molar-refractivity contribution < 1.29 is 18.3 Å². The second-order valence-corrected chi connectivity index (χ2v) is 5.56. The number of aliphatic hydroxyl groups is 1. The molecule has 20 heavy (non-hydrogen) atoms. The molecule has 2 nitrogen and oxygen atoms in total. The van der Waals surface area contributed by atoms with E-state index in [1.54, 1.807) is 24.3 Å². The number of benzene rings is 1. The van der Waals surface area contributed by atoms with Crippen LogP contribution in [0.2, 0.25) is 0 Å². The molecule has 1 N–H and O–H groups in total. The molecular weight excluding hydrogens is 267 g/mol. The van der Waals surface area contributed by atoms with Gasteiger partial charge in [0.05, 0.1) is 13.2 Å². The Balaban J connectivity index is 1.97. The van der Waals surface area contributed by atoms with Crippen molar-refractivity contribution in [2.75, 3.05) is 13.1 Å². The SMILES string of the molecule is OCc1ccc(CN(CC2CCC2)CC(F)(F)F)cc1. The molecule has 1 aliphatic rings. The second-order valence-electron chi connectivity index (χ2n) is 5.56. The lowest BCUT2D eigenvalue weighted by atomic mass is 9.85. The zero-order valence-electron chi connectivity index (χ0n) is 11.4. The highest BCUT2D eigenvalue weighted by Crippen LogP contribution is 2.29. The molecule has 1 fully saturated rings. The topological polar surface area (TPSA) is 23.5 Å². The summed E-state index contributed by atoms with van der Waals surface area (Å²) in [5.41, 5.74) is 1.63. The Labute approximate surface area is 117 Å². The predicted octanol–water partition coefficient (Wildman–Crippen LogP) is 3.34. The minimum Gasteiger partial charge on any atom is -0.392 e.